The lowest BCUT2D eigenvalue weighted by atomic mass is 10.1. The Morgan fingerprint density at radius 2 is 1.79 bits per heavy atom. The lowest BCUT2D eigenvalue weighted by molar-refractivity contribution is -0.0544. The highest BCUT2D eigenvalue weighted by molar-refractivity contribution is 7.99. The van der Waals surface area contributed by atoms with Crippen LogP contribution in [0.3, 0.4) is 0 Å². The molecule has 7 nitrogen and oxygen atoms in total. The van der Waals surface area contributed by atoms with Gasteiger partial charge in [-0.05, 0) is 31.2 Å². The summed E-state index contributed by atoms with van der Waals surface area (Å²) in [5, 5.41) is 0.624. The molecule has 3 aromatic rings. The van der Waals surface area contributed by atoms with E-state index in [0.29, 0.717) is 10.9 Å². The average molecular weight is 500 g/mol. The maximum absolute atomic E-state index is 13.1. The summed E-state index contributed by atoms with van der Waals surface area (Å²) < 4.78 is 65.6. The van der Waals surface area contributed by atoms with Crippen molar-refractivity contribution < 1.29 is 36.6 Å². The average Bonchev–Trinajstić information content (AvgIpc) is 2.77. The van der Waals surface area contributed by atoms with Gasteiger partial charge < -0.3 is 14.2 Å². The van der Waals surface area contributed by atoms with E-state index in [1.807, 2.05) is 0 Å². The maximum Gasteiger partial charge on any atom is 0.387 e. The van der Waals surface area contributed by atoms with Crippen LogP contribution in [0.25, 0.3) is 10.9 Å². The Morgan fingerprint density at radius 1 is 1.09 bits per heavy atom. The summed E-state index contributed by atoms with van der Waals surface area (Å²) in [7, 11) is 1.48. The molecule has 1 atom stereocenters. The van der Waals surface area contributed by atoms with Gasteiger partial charge in [-0.2, -0.15) is 17.6 Å². The third-order valence-electron chi connectivity index (χ3n) is 4.65. The van der Waals surface area contributed by atoms with Crippen LogP contribution in [0.5, 0.6) is 11.5 Å². The van der Waals surface area contributed by atoms with Crippen molar-refractivity contribution in [2.45, 2.75) is 31.3 Å². The molecule has 34 heavy (non-hydrogen) atoms. The van der Waals surface area contributed by atoms with E-state index in [9.17, 15) is 27.2 Å². The molecule has 182 valence electrons. The van der Waals surface area contributed by atoms with Crippen LogP contribution < -0.4 is 15.0 Å². The first-order chi connectivity index (χ1) is 16.2. The molecule has 12 heteroatoms. The standard InChI is InChI=1S/C22H20F4N2O5S/c1-12(10-31-2)28-19(30)14-5-3-4-6-16(14)27-22(28)34-11-17(29)15-8-7-13(32-20(23)24)9-18(15)33-21(25)26/h3-9,12,20-21H,10-11H2,1-2H3/t12-/m0/s1. The van der Waals surface area contributed by atoms with Crippen molar-refractivity contribution in [2.75, 3.05) is 19.5 Å². The molecule has 0 aliphatic heterocycles. The van der Waals surface area contributed by atoms with Crippen molar-refractivity contribution in [1.82, 2.24) is 9.55 Å². The second-order valence-corrected chi connectivity index (χ2v) is 7.96. The van der Waals surface area contributed by atoms with Crippen molar-refractivity contribution in [2.24, 2.45) is 0 Å². The van der Waals surface area contributed by atoms with Gasteiger partial charge in [-0.15, -0.1) is 0 Å². The van der Waals surface area contributed by atoms with Gasteiger partial charge in [0.15, 0.2) is 10.9 Å². The lowest BCUT2D eigenvalue weighted by Gasteiger charge is -2.19. The van der Waals surface area contributed by atoms with E-state index in [1.165, 1.54) is 11.7 Å². The number of aromatic nitrogens is 2. The number of methoxy groups -OCH3 is 1. The predicted octanol–water partition coefficient (Wildman–Crippen LogP) is 4.78. The van der Waals surface area contributed by atoms with Crippen LogP contribution >= 0.6 is 11.8 Å². The Bertz CT molecular complexity index is 1220. The number of thioether (sulfide) groups is 1. The Morgan fingerprint density at radius 3 is 2.47 bits per heavy atom. The van der Waals surface area contributed by atoms with E-state index in [1.54, 1.807) is 31.2 Å². The number of nitrogens with zero attached hydrogens (tertiary/aromatic N) is 2. The number of hydrogen-bond donors (Lipinski definition) is 0. The van der Waals surface area contributed by atoms with Crippen LogP contribution in [0, 0.1) is 0 Å². The Kier molecular flexibility index (Phi) is 8.51. The summed E-state index contributed by atoms with van der Waals surface area (Å²) in [4.78, 5) is 30.4. The normalized spacial score (nSPS) is 12.4. The molecule has 0 saturated carbocycles. The second kappa shape index (κ2) is 11.3. The minimum absolute atomic E-state index is 0.208. The van der Waals surface area contributed by atoms with Gasteiger partial charge in [0.2, 0.25) is 0 Å². The number of carbonyl (C=O) groups excluding carboxylic acids is 1. The first-order valence-electron chi connectivity index (χ1n) is 9.91. The monoisotopic (exact) mass is 500 g/mol. The number of ketones is 1. The fraction of sp³-hybridized carbons (Fsp3) is 0.318. The summed E-state index contributed by atoms with van der Waals surface area (Å²) in [6.07, 6.45) is 0. The Labute approximate surface area is 195 Å². The van der Waals surface area contributed by atoms with Gasteiger partial charge in [0.25, 0.3) is 5.56 Å². The van der Waals surface area contributed by atoms with Crippen LogP contribution in [0.1, 0.15) is 23.3 Å². The van der Waals surface area contributed by atoms with E-state index in [0.717, 1.165) is 30.0 Å². The summed E-state index contributed by atoms with van der Waals surface area (Å²) >= 11 is 0.928. The molecule has 0 radical (unpaired) electrons. The molecule has 0 saturated heterocycles. The van der Waals surface area contributed by atoms with Crippen LogP contribution in [0.2, 0.25) is 0 Å². The third kappa shape index (κ3) is 6.06. The Balaban J connectivity index is 1.93. The molecular formula is C22H20F4N2O5S. The van der Waals surface area contributed by atoms with E-state index in [2.05, 4.69) is 14.5 Å². The second-order valence-electron chi connectivity index (χ2n) is 7.02. The number of carbonyl (C=O) groups is 1. The van der Waals surface area contributed by atoms with Gasteiger partial charge in [-0.1, -0.05) is 23.9 Å². The number of para-hydroxylation sites is 1. The largest absolute Gasteiger partial charge is 0.435 e. The molecule has 0 fully saturated rings. The maximum atomic E-state index is 13.1. The van der Waals surface area contributed by atoms with Gasteiger partial charge in [0, 0.05) is 13.2 Å². The van der Waals surface area contributed by atoms with Gasteiger partial charge in [0.1, 0.15) is 11.5 Å². The molecule has 1 aromatic heterocycles. The number of fused-ring (bicyclic) bond motifs is 1. The summed E-state index contributed by atoms with van der Waals surface area (Å²) in [5.41, 5.74) is -0.145. The van der Waals surface area contributed by atoms with E-state index < -0.39 is 36.5 Å². The van der Waals surface area contributed by atoms with Gasteiger partial charge in [-0.3, -0.25) is 14.2 Å². The molecule has 3 rings (SSSR count). The molecule has 0 aliphatic carbocycles. The molecule has 0 amide bonds. The number of ether oxygens (including phenoxy) is 3. The number of Topliss-reactive ketones (excluding diaryl/α,β-unsaturated/α-hetero) is 1. The first kappa shape index (κ1) is 25.5. The van der Waals surface area contributed by atoms with Crippen LogP contribution in [0.4, 0.5) is 17.6 Å². The number of hydrogen-bond acceptors (Lipinski definition) is 7. The molecule has 0 N–H and O–H groups in total. The topological polar surface area (TPSA) is 79.7 Å². The van der Waals surface area contributed by atoms with Crippen molar-refractivity contribution in [3.8, 4) is 11.5 Å². The SMILES string of the molecule is COC[C@H](C)n1c(SCC(=O)c2ccc(OC(F)F)cc2OC(F)F)nc2ccccc2c1=O. The van der Waals surface area contributed by atoms with Crippen LogP contribution in [-0.2, 0) is 4.74 Å². The lowest BCUT2D eigenvalue weighted by Crippen LogP contribution is -2.28. The van der Waals surface area contributed by atoms with Crippen molar-refractivity contribution in [3.63, 3.8) is 0 Å². The molecule has 2 aromatic carbocycles. The smallest absolute Gasteiger partial charge is 0.387 e. The van der Waals surface area contributed by atoms with Crippen LogP contribution in [-0.4, -0.2) is 48.0 Å². The van der Waals surface area contributed by atoms with Crippen molar-refractivity contribution in [3.05, 3.63) is 58.4 Å². The molecule has 0 aliphatic rings. The quantitative estimate of drug-likeness (QED) is 0.162. The molecule has 0 spiro atoms. The molecule has 0 unspecified atom stereocenters. The fourth-order valence-corrected chi connectivity index (χ4v) is 4.22. The zero-order valence-electron chi connectivity index (χ0n) is 18.0. The minimum Gasteiger partial charge on any atom is -0.435 e. The number of benzene rings is 2. The minimum atomic E-state index is -3.29. The highest BCUT2D eigenvalue weighted by Gasteiger charge is 2.21. The number of rotatable bonds is 11. The highest BCUT2D eigenvalue weighted by Crippen LogP contribution is 2.30. The summed E-state index contributed by atoms with van der Waals surface area (Å²) in [6, 6.07) is 9.21. The zero-order chi connectivity index (χ0) is 24.8. The zero-order valence-corrected chi connectivity index (χ0v) is 18.9. The molecule has 0 bridgehead atoms. The summed E-state index contributed by atoms with van der Waals surface area (Å²) in [6.45, 7) is -4.51. The fourth-order valence-electron chi connectivity index (χ4n) is 3.24. The van der Waals surface area contributed by atoms with Gasteiger partial charge in [0.05, 0.1) is 34.9 Å². The van der Waals surface area contributed by atoms with Crippen molar-refractivity contribution in [1.29, 1.82) is 0 Å². The molecular weight excluding hydrogens is 480 g/mol. The number of alkyl halides is 4. The third-order valence-corrected chi connectivity index (χ3v) is 5.60. The predicted molar refractivity (Wildman–Crippen MR) is 117 cm³/mol. The van der Waals surface area contributed by atoms with E-state index >= 15 is 0 Å². The summed E-state index contributed by atoms with van der Waals surface area (Å²) in [5.74, 6) is -1.97. The van der Waals surface area contributed by atoms with Crippen molar-refractivity contribution >= 4 is 28.4 Å². The van der Waals surface area contributed by atoms with Crippen LogP contribution in [0.15, 0.2) is 52.4 Å². The first-order valence-corrected chi connectivity index (χ1v) is 10.9. The highest BCUT2D eigenvalue weighted by atomic mass is 32.2. The Hall–Kier alpha value is -3.12. The van der Waals surface area contributed by atoms with Gasteiger partial charge >= 0.3 is 13.2 Å². The number of halogens is 4. The molecule has 1 heterocycles. The van der Waals surface area contributed by atoms with E-state index in [4.69, 9.17) is 4.74 Å². The van der Waals surface area contributed by atoms with E-state index in [-0.39, 0.29) is 28.6 Å². The van der Waals surface area contributed by atoms with Gasteiger partial charge in [-0.25, -0.2) is 4.98 Å².